The first-order chi connectivity index (χ1) is 9.66. The minimum Gasteiger partial charge on any atom is -0.346 e. The van der Waals surface area contributed by atoms with Crippen LogP contribution in [0.2, 0.25) is 0 Å². The fourth-order valence-corrected chi connectivity index (χ4v) is 1.97. The molecule has 20 heavy (non-hydrogen) atoms. The molecule has 2 N–H and O–H groups in total. The first-order valence-electron chi connectivity index (χ1n) is 5.84. The van der Waals surface area contributed by atoms with Gasteiger partial charge in [0.15, 0.2) is 0 Å². The van der Waals surface area contributed by atoms with Crippen LogP contribution in [-0.2, 0) is 0 Å². The van der Waals surface area contributed by atoms with Crippen LogP contribution in [0.3, 0.4) is 0 Å². The first-order valence-corrected chi connectivity index (χ1v) is 5.84. The zero-order valence-electron chi connectivity index (χ0n) is 10.2. The molecule has 0 unspecified atom stereocenters. The van der Waals surface area contributed by atoms with Gasteiger partial charge in [-0.2, -0.15) is 0 Å². The van der Waals surface area contributed by atoms with Crippen LogP contribution in [0.4, 0.5) is 14.5 Å². The smallest absolute Gasteiger partial charge is 0.261 e. The van der Waals surface area contributed by atoms with Crippen molar-refractivity contribution in [2.24, 2.45) is 0 Å². The molecule has 0 fully saturated rings. The second-order valence-corrected chi connectivity index (χ2v) is 4.15. The van der Waals surface area contributed by atoms with Gasteiger partial charge < -0.3 is 10.3 Å². The topological polar surface area (TPSA) is 57.8 Å². The Hall–Kier alpha value is -2.76. The summed E-state index contributed by atoms with van der Waals surface area (Å²) < 4.78 is 27.1. The molecule has 100 valence electrons. The van der Waals surface area contributed by atoms with Gasteiger partial charge in [0.1, 0.15) is 22.8 Å². The number of halogens is 2. The number of hydrogen-bond donors (Lipinski definition) is 2. The molecule has 2 aromatic heterocycles. The van der Waals surface area contributed by atoms with Gasteiger partial charge >= 0.3 is 0 Å². The van der Waals surface area contributed by atoms with Crippen molar-refractivity contribution >= 4 is 22.6 Å². The summed E-state index contributed by atoms with van der Waals surface area (Å²) in [4.78, 5) is 18.9. The van der Waals surface area contributed by atoms with Crippen molar-refractivity contribution in [2.75, 3.05) is 5.32 Å². The molecular formula is C14H9F2N3O. The van der Waals surface area contributed by atoms with Crippen molar-refractivity contribution in [3.63, 3.8) is 0 Å². The van der Waals surface area contributed by atoms with E-state index in [0.717, 1.165) is 12.1 Å². The molecule has 4 nitrogen and oxygen atoms in total. The van der Waals surface area contributed by atoms with Crippen LogP contribution in [0.25, 0.3) is 11.0 Å². The number of carbonyl (C=O) groups excluding carboxylic acids is 1. The number of nitrogens with zero attached hydrogens (tertiary/aromatic N) is 1. The van der Waals surface area contributed by atoms with Crippen molar-refractivity contribution < 1.29 is 13.6 Å². The van der Waals surface area contributed by atoms with Crippen LogP contribution in [0.5, 0.6) is 0 Å². The summed E-state index contributed by atoms with van der Waals surface area (Å²) in [5, 5.41) is 3.15. The molecule has 6 heteroatoms. The molecule has 1 aromatic carbocycles. The number of fused-ring (bicyclic) bond motifs is 1. The van der Waals surface area contributed by atoms with Crippen molar-refractivity contribution in [3.05, 3.63) is 59.9 Å². The summed E-state index contributed by atoms with van der Waals surface area (Å²) >= 11 is 0. The van der Waals surface area contributed by atoms with Gasteiger partial charge in [0.2, 0.25) is 0 Å². The normalized spacial score (nSPS) is 10.7. The number of carbonyl (C=O) groups is 1. The van der Waals surface area contributed by atoms with Crippen LogP contribution in [0.1, 0.15) is 10.4 Å². The molecule has 3 aromatic rings. The quantitative estimate of drug-likeness (QED) is 0.753. The molecule has 0 saturated carbocycles. The highest BCUT2D eigenvalue weighted by atomic mass is 19.1. The number of anilines is 1. The van der Waals surface area contributed by atoms with Crippen LogP contribution in [-0.4, -0.2) is 15.9 Å². The van der Waals surface area contributed by atoms with Gasteiger partial charge in [-0.25, -0.2) is 13.8 Å². The summed E-state index contributed by atoms with van der Waals surface area (Å²) in [5.41, 5.74) is 0.411. The Kier molecular flexibility index (Phi) is 2.90. The van der Waals surface area contributed by atoms with Gasteiger partial charge in [0.05, 0.1) is 5.69 Å². The molecule has 1 amide bonds. The van der Waals surface area contributed by atoms with Crippen molar-refractivity contribution in [2.45, 2.75) is 0 Å². The average Bonchev–Trinajstić information content (AvgIpc) is 2.88. The molecule has 0 radical (unpaired) electrons. The molecule has 0 aliphatic carbocycles. The molecule has 0 spiro atoms. The largest absolute Gasteiger partial charge is 0.346 e. The van der Waals surface area contributed by atoms with Crippen molar-refractivity contribution in [1.82, 2.24) is 9.97 Å². The van der Waals surface area contributed by atoms with E-state index < -0.39 is 23.1 Å². The zero-order chi connectivity index (χ0) is 14.1. The van der Waals surface area contributed by atoms with E-state index in [2.05, 4.69) is 15.3 Å². The standard InChI is InChI=1S/C14H9F2N3O/c15-9-2-1-3-10(16)12(9)14(20)19-11-5-7-18-13-8(11)4-6-17-13/h1-7H,(H2,17,18,19,20). The van der Waals surface area contributed by atoms with Gasteiger partial charge in [-0.1, -0.05) is 6.07 Å². The number of rotatable bonds is 2. The summed E-state index contributed by atoms with van der Waals surface area (Å²) in [7, 11) is 0. The monoisotopic (exact) mass is 273 g/mol. The SMILES string of the molecule is O=C(Nc1ccnc2[nH]ccc12)c1c(F)cccc1F. The van der Waals surface area contributed by atoms with Crippen LogP contribution in [0.15, 0.2) is 42.7 Å². The summed E-state index contributed by atoms with van der Waals surface area (Å²) in [5.74, 6) is -2.64. The number of H-pyrrole nitrogens is 1. The third-order valence-corrected chi connectivity index (χ3v) is 2.90. The molecule has 2 heterocycles. The Morgan fingerprint density at radius 1 is 1.15 bits per heavy atom. The number of amides is 1. The third kappa shape index (κ3) is 2.01. The van der Waals surface area contributed by atoms with Crippen LogP contribution in [0, 0.1) is 11.6 Å². The number of hydrogen-bond acceptors (Lipinski definition) is 2. The summed E-state index contributed by atoms with van der Waals surface area (Å²) in [6, 6.07) is 6.56. The molecule has 0 saturated heterocycles. The summed E-state index contributed by atoms with van der Waals surface area (Å²) in [6.07, 6.45) is 3.16. The van der Waals surface area contributed by atoms with Crippen LogP contribution >= 0.6 is 0 Å². The molecular weight excluding hydrogens is 264 g/mol. The lowest BCUT2D eigenvalue weighted by Crippen LogP contribution is -2.16. The van der Waals surface area contributed by atoms with Crippen molar-refractivity contribution in [1.29, 1.82) is 0 Å². The molecule has 0 bridgehead atoms. The Morgan fingerprint density at radius 2 is 1.90 bits per heavy atom. The molecule has 3 rings (SSSR count). The Labute approximate surface area is 112 Å². The van der Waals surface area contributed by atoms with Gasteiger partial charge in [0.25, 0.3) is 5.91 Å². The van der Waals surface area contributed by atoms with E-state index in [9.17, 15) is 13.6 Å². The van der Waals surface area contributed by atoms with Gasteiger partial charge in [0, 0.05) is 17.8 Å². The van der Waals surface area contributed by atoms with E-state index in [-0.39, 0.29) is 0 Å². The number of pyridine rings is 1. The highest BCUT2D eigenvalue weighted by molar-refractivity contribution is 6.08. The predicted molar refractivity (Wildman–Crippen MR) is 70.4 cm³/mol. The van der Waals surface area contributed by atoms with E-state index >= 15 is 0 Å². The Balaban J connectivity index is 1.99. The number of aromatic nitrogens is 2. The first kappa shape index (κ1) is 12.3. The zero-order valence-corrected chi connectivity index (χ0v) is 10.2. The third-order valence-electron chi connectivity index (χ3n) is 2.90. The number of benzene rings is 1. The summed E-state index contributed by atoms with van der Waals surface area (Å²) in [6.45, 7) is 0. The van der Waals surface area contributed by atoms with E-state index in [4.69, 9.17) is 0 Å². The predicted octanol–water partition coefficient (Wildman–Crippen LogP) is 3.09. The van der Waals surface area contributed by atoms with E-state index in [1.165, 1.54) is 12.3 Å². The second kappa shape index (κ2) is 4.73. The lowest BCUT2D eigenvalue weighted by atomic mass is 10.1. The lowest BCUT2D eigenvalue weighted by molar-refractivity contribution is 0.101. The minimum absolute atomic E-state index is 0.434. The van der Waals surface area contributed by atoms with Crippen molar-refractivity contribution in [3.8, 4) is 0 Å². The maximum Gasteiger partial charge on any atom is 0.261 e. The number of nitrogens with one attached hydrogen (secondary N) is 2. The molecule has 0 aliphatic heterocycles. The molecule has 0 aliphatic rings. The highest BCUT2D eigenvalue weighted by Gasteiger charge is 2.17. The Morgan fingerprint density at radius 3 is 2.65 bits per heavy atom. The maximum absolute atomic E-state index is 13.5. The fourth-order valence-electron chi connectivity index (χ4n) is 1.97. The lowest BCUT2D eigenvalue weighted by Gasteiger charge is -2.07. The fraction of sp³-hybridized carbons (Fsp3) is 0. The van der Waals surface area contributed by atoms with Crippen LogP contribution < -0.4 is 5.32 Å². The second-order valence-electron chi connectivity index (χ2n) is 4.15. The Bertz CT molecular complexity index is 778. The van der Waals surface area contributed by atoms with E-state index in [1.807, 2.05) is 0 Å². The van der Waals surface area contributed by atoms with E-state index in [0.29, 0.717) is 16.7 Å². The maximum atomic E-state index is 13.5. The van der Waals surface area contributed by atoms with Gasteiger partial charge in [-0.05, 0) is 24.3 Å². The number of aromatic amines is 1. The molecule has 0 atom stereocenters. The van der Waals surface area contributed by atoms with E-state index in [1.54, 1.807) is 18.3 Å². The van der Waals surface area contributed by atoms with Gasteiger partial charge in [-0.15, -0.1) is 0 Å². The average molecular weight is 273 g/mol. The van der Waals surface area contributed by atoms with Gasteiger partial charge in [-0.3, -0.25) is 4.79 Å². The highest BCUT2D eigenvalue weighted by Crippen LogP contribution is 2.22. The minimum atomic E-state index is -0.901.